The molecule has 0 aliphatic carbocycles. The Kier molecular flexibility index (Phi) is 4.06. The smallest absolute Gasteiger partial charge is 0.262 e. The largest absolute Gasteiger partial charge is 0.396 e. The Bertz CT molecular complexity index is 809. The van der Waals surface area contributed by atoms with Gasteiger partial charge < -0.3 is 5.73 Å². The zero-order valence-corrected chi connectivity index (χ0v) is 12.9. The molecule has 0 atom stereocenters. The van der Waals surface area contributed by atoms with Gasteiger partial charge in [-0.15, -0.1) is 0 Å². The summed E-state index contributed by atoms with van der Waals surface area (Å²) < 4.78 is 40.8. The van der Waals surface area contributed by atoms with Crippen LogP contribution >= 0.6 is 11.6 Å². The maximum Gasteiger partial charge on any atom is 0.262 e. The highest BCUT2D eigenvalue weighted by molar-refractivity contribution is 7.92. The molecule has 1 aromatic carbocycles. The topological polar surface area (TPSA) is 85.1 Å². The number of halogens is 2. The number of nitrogens with one attached hydrogen (secondary N) is 1. The van der Waals surface area contributed by atoms with E-state index >= 15 is 0 Å². The number of sulfonamides is 1. The van der Waals surface area contributed by atoms with Crippen molar-refractivity contribution in [2.75, 3.05) is 10.5 Å². The normalized spacial score (nSPS) is 11.4. The first-order chi connectivity index (χ1) is 9.74. The van der Waals surface area contributed by atoms with Gasteiger partial charge in [0, 0.05) is 6.20 Å². The first-order valence-electron chi connectivity index (χ1n) is 5.92. The summed E-state index contributed by atoms with van der Waals surface area (Å²) in [4.78, 5) is 3.72. The molecule has 0 saturated heterocycles. The number of rotatable bonds is 3. The van der Waals surface area contributed by atoms with Gasteiger partial charge in [-0.2, -0.15) is 0 Å². The van der Waals surface area contributed by atoms with E-state index in [1.165, 1.54) is 26.1 Å². The predicted molar refractivity (Wildman–Crippen MR) is 80.3 cm³/mol. The molecule has 8 heteroatoms. The number of pyridine rings is 1. The van der Waals surface area contributed by atoms with Crippen molar-refractivity contribution in [2.24, 2.45) is 0 Å². The highest BCUT2D eigenvalue weighted by Gasteiger charge is 2.23. The lowest BCUT2D eigenvalue weighted by Gasteiger charge is -2.15. The third-order valence-electron chi connectivity index (χ3n) is 2.98. The van der Waals surface area contributed by atoms with Crippen LogP contribution in [0, 0.1) is 19.7 Å². The summed E-state index contributed by atoms with van der Waals surface area (Å²) >= 11 is 5.83. The lowest BCUT2D eigenvalue weighted by Crippen LogP contribution is -2.17. The van der Waals surface area contributed by atoms with Crippen LogP contribution in [0.5, 0.6) is 0 Å². The molecule has 2 rings (SSSR count). The number of hydrogen-bond donors (Lipinski definition) is 2. The van der Waals surface area contributed by atoms with Crippen LogP contribution in [0.2, 0.25) is 5.15 Å². The van der Waals surface area contributed by atoms with Crippen molar-refractivity contribution in [3.05, 3.63) is 46.5 Å². The van der Waals surface area contributed by atoms with E-state index in [2.05, 4.69) is 9.71 Å². The number of anilines is 2. The fourth-order valence-electron chi connectivity index (χ4n) is 2.00. The number of nitrogen functional groups attached to an aromatic ring is 1. The first kappa shape index (κ1) is 15.5. The molecule has 0 unspecified atom stereocenters. The van der Waals surface area contributed by atoms with E-state index in [0.29, 0.717) is 0 Å². The molecule has 112 valence electrons. The van der Waals surface area contributed by atoms with Crippen LogP contribution in [0.25, 0.3) is 0 Å². The molecule has 0 fully saturated rings. The molecule has 1 heterocycles. The van der Waals surface area contributed by atoms with Crippen molar-refractivity contribution in [3.8, 4) is 0 Å². The Balaban J connectivity index is 2.56. The molecule has 3 N–H and O–H groups in total. The van der Waals surface area contributed by atoms with Gasteiger partial charge in [-0.1, -0.05) is 11.6 Å². The minimum Gasteiger partial charge on any atom is -0.396 e. The summed E-state index contributed by atoms with van der Waals surface area (Å²) in [6.07, 6.45) is 1.44. The second kappa shape index (κ2) is 5.50. The molecule has 0 aliphatic rings. The lowest BCUT2D eigenvalue weighted by molar-refractivity contribution is 0.598. The summed E-state index contributed by atoms with van der Waals surface area (Å²) in [6, 6.07) is 4.11. The minimum atomic E-state index is -3.96. The van der Waals surface area contributed by atoms with Crippen LogP contribution in [0.4, 0.5) is 15.8 Å². The Labute approximate surface area is 127 Å². The van der Waals surface area contributed by atoms with Crippen molar-refractivity contribution in [3.63, 3.8) is 0 Å². The van der Waals surface area contributed by atoms with Crippen LogP contribution in [-0.2, 0) is 10.0 Å². The fraction of sp³-hybridized carbons (Fsp3) is 0.154. The molecule has 21 heavy (non-hydrogen) atoms. The average molecular weight is 330 g/mol. The summed E-state index contributed by atoms with van der Waals surface area (Å²) in [5, 5.41) is 0.0199. The van der Waals surface area contributed by atoms with E-state index in [-0.39, 0.29) is 32.6 Å². The second-order valence-electron chi connectivity index (χ2n) is 4.49. The van der Waals surface area contributed by atoms with Crippen LogP contribution in [0.3, 0.4) is 0 Å². The number of aromatic nitrogens is 1. The highest BCUT2D eigenvalue weighted by atomic mass is 35.5. The zero-order valence-electron chi connectivity index (χ0n) is 11.3. The predicted octanol–water partition coefficient (Wildman–Crippen LogP) is 2.87. The Morgan fingerprint density at radius 2 is 2.05 bits per heavy atom. The van der Waals surface area contributed by atoms with Crippen molar-refractivity contribution in [2.45, 2.75) is 18.7 Å². The Hall–Kier alpha value is -1.86. The molecule has 0 saturated carbocycles. The number of benzene rings is 1. The van der Waals surface area contributed by atoms with E-state index in [1.807, 2.05) is 0 Å². The van der Waals surface area contributed by atoms with Crippen molar-refractivity contribution in [1.82, 2.24) is 4.98 Å². The number of aryl methyl sites for hydroxylation is 1. The Morgan fingerprint density at radius 1 is 1.38 bits per heavy atom. The molecule has 0 aliphatic heterocycles. The summed E-state index contributed by atoms with van der Waals surface area (Å²) in [7, 11) is -3.96. The maximum atomic E-state index is 13.5. The van der Waals surface area contributed by atoms with Gasteiger partial charge in [0.05, 0.1) is 16.3 Å². The van der Waals surface area contributed by atoms with Crippen molar-refractivity contribution in [1.29, 1.82) is 0 Å². The number of nitrogens with zero attached hydrogens (tertiary/aromatic N) is 1. The number of hydrogen-bond acceptors (Lipinski definition) is 4. The number of nitrogens with two attached hydrogens (primary N) is 1. The van der Waals surface area contributed by atoms with E-state index in [9.17, 15) is 12.8 Å². The second-order valence-corrected chi connectivity index (χ2v) is 6.47. The van der Waals surface area contributed by atoms with Crippen LogP contribution in [-0.4, -0.2) is 13.4 Å². The molecular formula is C13H13ClFN3O2S. The molecule has 1 aromatic heterocycles. The molecule has 2 aromatic rings. The molecule has 0 radical (unpaired) electrons. The van der Waals surface area contributed by atoms with Gasteiger partial charge in [-0.05, 0) is 43.2 Å². The van der Waals surface area contributed by atoms with Crippen molar-refractivity contribution < 1.29 is 12.8 Å². The summed E-state index contributed by atoms with van der Waals surface area (Å²) in [5.74, 6) is -0.650. The highest BCUT2D eigenvalue weighted by Crippen LogP contribution is 2.30. The summed E-state index contributed by atoms with van der Waals surface area (Å²) in [5.41, 5.74) is 5.92. The van der Waals surface area contributed by atoms with Gasteiger partial charge in [0.15, 0.2) is 5.15 Å². The molecule has 0 spiro atoms. The molecular weight excluding hydrogens is 317 g/mol. The van der Waals surface area contributed by atoms with Gasteiger partial charge in [-0.3, -0.25) is 4.72 Å². The molecule has 0 amide bonds. The lowest BCUT2D eigenvalue weighted by atomic mass is 10.1. The van der Waals surface area contributed by atoms with Gasteiger partial charge in [0.1, 0.15) is 5.82 Å². The van der Waals surface area contributed by atoms with Gasteiger partial charge in [0.2, 0.25) is 0 Å². The van der Waals surface area contributed by atoms with E-state index < -0.39 is 15.8 Å². The van der Waals surface area contributed by atoms with Crippen LogP contribution in [0.15, 0.2) is 29.3 Å². The van der Waals surface area contributed by atoms with Gasteiger partial charge in [-0.25, -0.2) is 17.8 Å². The third kappa shape index (κ3) is 2.93. The van der Waals surface area contributed by atoms with Crippen LogP contribution in [0.1, 0.15) is 11.1 Å². The maximum absolute atomic E-state index is 13.5. The van der Waals surface area contributed by atoms with Gasteiger partial charge >= 0.3 is 0 Å². The first-order valence-corrected chi connectivity index (χ1v) is 7.78. The fourth-order valence-corrected chi connectivity index (χ4v) is 3.78. The summed E-state index contributed by atoms with van der Waals surface area (Å²) in [6.45, 7) is 2.94. The van der Waals surface area contributed by atoms with E-state index in [4.69, 9.17) is 17.3 Å². The Morgan fingerprint density at radius 3 is 2.67 bits per heavy atom. The third-order valence-corrected chi connectivity index (χ3v) is 4.93. The van der Waals surface area contributed by atoms with Crippen LogP contribution < -0.4 is 10.5 Å². The van der Waals surface area contributed by atoms with E-state index in [1.54, 1.807) is 6.07 Å². The SMILES string of the molecule is Cc1cc(F)c(N)c(C)c1S(=O)(=O)Nc1cccnc1Cl. The van der Waals surface area contributed by atoms with Gasteiger partial charge in [0.25, 0.3) is 10.0 Å². The average Bonchev–Trinajstić information content (AvgIpc) is 2.38. The molecule has 0 bridgehead atoms. The van der Waals surface area contributed by atoms with E-state index in [0.717, 1.165) is 6.07 Å². The molecule has 5 nitrogen and oxygen atoms in total. The monoisotopic (exact) mass is 329 g/mol. The quantitative estimate of drug-likeness (QED) is 0.669. The minimum absolute atomic E-state index is 0.0199. The zero-order chi connectivity index (χ0) is 15.8. The standard InChI is InChI=1S/C13H13ClFN3O2S/c1-7-6-9(15)11(16)8(2)12(7)21(19,20)18-10-4-3-5-17-13(10)14/h3-6,18H,16H2,1-2H3. The van der Waals surface area contributed by atoms with Crippen molar-refractivity contribution >= 4 is 33.0 Å².